The lowest BCUT2D eigenvalue weighted by atomic mass is 10.1. The van der Waals surface area contributed by atoms with E-state index in [0.29, 0.717) is 17.8 Å². The average molecular weight is 266 g/mol. The van der Waals surface area contributed by atoms with Crippen molar-refractivity contribution in [2.75, 3.05) is 0 Å². The normalized spacial score (nSPS) is 13.7. The van der Waals surface area contributed by atoms with Crippen LogP contribution in [0.25, 0.3) is 0 Å². The summed E-state index contributed by atoms with van der Waals surface area (Å²) in [6, 6.07) is -0.302. The molecule has 0 aliphatic rings. The summed E-state index contributed by atoms with van der Waals surface area (Å²) in [6.07, 6.45) is -1.95. The molecule has 0 aromatic carbocycles. The number of nitrogens with zero attached hydrogens (tertiary/aromatic N) is 1. The molecule has 1 aromatic rings. The van der Waals surface area contributed by atoms with E-state index in [4.69, 9.17) is 5.73 Å². The summed E-state index contributed by atoms with van der Waals surface area (Å²) in [5.74, 6) is -0.376. The van der Waals surface area contributed by atoms with Crippen LogP contribution >= 0.6 is 11.3 Å². The number of ketones is 1. The van der Waals surface area contributed by atoms with Crippen LogP contribution in [0.2, 0.25) is 0 Å². The Morgan fingerprint density at radius 1 is 1.59 bits per heavy atom. The Hall–Kier alpha value is -0.950. The number of carbonyl (C=O) groups is 1. The Kier molecular flexibility index (Phi) is 4.64. The van der Waals surface area contributed by atoms with E-state index in [0.717, 1.165) is 12.6 Å². The minimum absolute atomic E-state index is 0.0175. The molecule has 96 valence electrons. The van der Waals surface area contributed by atoms with Crippen LogP contribution in [0, 0.1) is 0 Å². The maximum atomic E-state index is 12.3. The first-order chi connectivity index (χ1) is 7.84. The van der Waals surface area contributed by atoms with Gasteiger partial charge in [0.25, 0.3) is 0 Å². The maximum Gasteiger partial charge on any atom is 0.443 e. The molecule has 1 atom stereocenters. The summed E-state index contributed by atoms with van der Waals surface area (Å²) < 4.78 is 36.8. The van der Waals surface area contributed by atoms with Crippen molar-refractivity contribution >= 4 is 17.1 Å². The van der Waals surface area contributed by atoms with Crippen molar-refractivity contribution in [2.45, 2.75) is 38.4 Å². The Morgan fingerprint density at radius 3 is 2.71 bits per heavy atom. The van der Waals surface area contributed by atoms with Crippen LogP contribution in [0.5, 0.6) is 0 Å². The topological polar surface area (TPSA) is 56.0 Å². The first kappa shape index (κ1) is 14.1. The highest BCUT2D eigenvalue weighted by molar-refractivity contribution is 7.13. The molecule has 0 spiro atoms. The molecular formula is C10H13F3N2OS. The number of rotatable bonds is 5. The van der Waals surface area contributed by atoms with Gasteiger partial charge in [0.05, 0.1) is 4.88 Å². The molecule has 7 heteroatoms. The summed E-state index contributed by atoms with van der Waals surface area (Å²) >= 11 is 0.367. The number of thiazole rings is 1. The standard InChI is InChI=1S/C10H13F3N2OS/c1-2-3-6(14)4-7(16)8-5-15-9(17-8)10(11,12)13/h5-6H,2-4,14H2,1H3. The number of hydrogen-bond donors (Lipinski definition) is 1. The summed E-state index contributed by atoms with van der Waals surface area (Å²) in [6.45, 7) is 1.93. The van der Waals surface area contributed by atoms with E-state index in [1.54, 1.807) is 0 Å². The quantitative estimate of drug-likeness (QED) is 0.834. The molecule has 0 radical (unpaired) electrons. The molecule has 17 heavy (non-hydrogen) atoms. The third-order valence-electron chi connectivity index (χ3n) is 2.13. The van der Waals surface area contributed by atoms with Crippen LogP contribution in [0.4, 0.5) is 13.2 Å². The fraction of sp³-hybridized carbons (Fsp3) is 0.600. The number of aromatic nitrogens is 1. The SMILES string of the molecule is CCCC(N)CC(=O)c1cnc(C(F)(F)F)s1. The van der Waals surface area contributed by atoms with Crippen molar-refractivity contribution in [1.29, 1.82) is 0 Å². The van der Waals surface area contributed by atoms with E-state index in [1.807, 2.05) is 6.92 Å². The van der Waals surface area contributed by atoms with E-state index in [9.17, 15) is 18.0 Å². The van der Waals surface area contributed by atoms with Gasteiger partial charge in [-0.1, -0.05) is 13.3 Å². The first-order valence-electron chi connectivity index (χ1n) is 5.16. The number of Topliss-reactive ketones (excluding diaryl/α,β-unsaturated/α-hetero) is 1. The fourth-order valence-corrected chi connectivity index (χ4v) is 2.08. The Labute approximate surface area is 101 Å². The van der Waals surface area contributed by atoms with Gasteiger partial charge in [0, 0.05) is 18.7 Å². The zero-order valence-corrected chi connectivity index (χ0v) is 10.1. The van der Waals surface area contributed by atoms with E-state index in [1.165, 1.54) is 0 Å². The number of hydrogen-bond acceptors (Lipinski definition) is 4. The predicted octanol–water partition coefficient (Wildman–Crippen LogP) is 2.86. The molecule has 0 amide bonds. The average Bonchev–Trinajstić information content (AvgIpc) is 2.65. The molecule has 2 N–H and O–H groups in total. The smallest absolute Gasteiger partial charge is 0.327 e. The van der Waals surface area contributed by atoms with Gasteiger partial charge < -0.3 is 5.73 Å². The van der Waals surface area contributed by atoms with Crippen molar-refractivity contribution < 1.29 is 18.0 Å². The van der Waals surface area contributed by atoms with Crippen molar-refractivity contribution in [2.24, 2.45) is 5.73 Å². The second kappa shape index (κ2) is 5.59. The van der Waals surface area contributed by atoms with Crippen LogP contribution in [0.3, 0.4) is 0 Å². The molecule has 3 nitrogen and oxygen atoms in total. The zero-order valence-electron chi connectivity index (χ0n) is 9.25. The molecule has 1 aromatic heterocycles. The van der Waals surface area contributed by atoms with Crippen molar-refractivity contribution in [3.8, 4) is 0 Å². The molecule has 0 saturated heterocycles. The van der Waals surface area contributed by atoms with Gasteiger partial charge in [0.15, 0.2) is 10.8 Å². The molecule has 0 aliphatic carbocycles. The van der Waals surface area contributed by atoms with Gasteiger partial charge in [0.1, 0.15) is 0 Å². The third kappa shape index (κ3) is 4.08. The zero-order chi connectivity index (χ0) is 13.1. The molecule has 0 bridgehead atoms. The van der Waals surface area contributed by atoms with Gasteiger partial charge in [-0.25, -0.2) is 4.98 Å². The van der Waals surface area contributed by atoms with Crippen LogP contribution in [0.1, 0.15) is 40.9 Å². The van der Waals surface area contributed by atoms with E-state index in [-0.39, 0.29) is 23.1 Å². The molecular weight excluding hydrogens is 253 g/mol. The molecule has 1 heterocycles. The number of halogens is 3. The second-order valence-electron chi connectivity index (χ2n) is 3.70. The number of carbonyl (C=O) groups excluding carboxylic acids is 1. The predicted molar refractivity (Wildman–Crippen MR) is 58.9 cm³/mol. The monoisotopic (exact) mass is 266 g/mol. The molecule has 0 fully saturated rings. The van der Waals surface area contributed by atoms with Crippen LogP contribution in [-0.4, -0.2) is 16.8 Å². The van der Waals surface area contributed by atoms with Gasteiger partial charge in [-0.05, 0) is 6.42 Å². The van der Waals surface area contributed by atoms with Gasteiger partial charge in [0.2, 0.25) is 0 Å². The minimum atomic E-state index is -4.49. The minimum Gasteiger partial charge on any atom is -0.327 e. The van der Waals surface area contributed by atoms with Gasteiger partial charge >= 0.3 is 6.18 Å². The van der Waals surface area contributed by atoms with E-state index >= 15 is 0 Å². The lowest BCUT2D eigenvalue weighted by Crippen LogP contribution is -2.23. The van der Waals surface area contributed by atoms with E-state index in [2.05, 4.69) is 4.98 Å². The van der Waals surface area contributed by atoms with E-state index < -0.39 is 11.2 Å². The van der Waals surface area contributed by atoms with Gasteiger partial charge in [-0.3, -0.25) is 4.79 Å². The lowest BCUT2D eigenvalue weighted by Gasteiger charge is -2.07. The molecule has 1 rings (SSSR count). The highest BCUT2D eigenvalue weighted by atomic mass is 32.1. The van der Waals surface area contributed by atoms with Crippen LogP contribution in [0.15, 0.2) is 6.20 Å². The molecule has 1 unspecified atom stereocenters. The highest BCUT2D eigenvalue weighted by Crippen LogP contribution is 2.32. The molecule has 0 aliphatic heterocycles. The van der Waals surface area contributed by atoms with Crippen molar-refractivity contribution in [1.82, 2.24) is 4.98 Å². The Morgan fingerprint density at radius 2 is 2.24 bits per heavy atom. The van der Waals surface area contributed by atoms with Crippen LogP contribution < -0.4 is 5.73 Å². The Bertz CT molecular complexity index is 389. The first-order valence-corrected chi connectivity index (χ1v) is 5.98. The second-order valence-corrected chi connectivity index (χ2v) is 4.73. The lowest BCUT2D eigenvalue weighted by molar-refractivity contribution is -0.137. The Balaban J connectivity index is 2.67. The third-order valence-corrected chi connectivity index (χ3v) is 3.21. The number of alkyl halides is 3. The summed E-state index contributed by atoms with van der Waals surface area (Å²) in [5, 5.41) is -0.995. The summed E-state index contributed by atoms with van der Waals surface area (Å²) in [4.78, 5) is 14.8. The van der Waals surface area contributed by atoms with Gasteiger partial charge in [-0.15, -0.1) is 11.3 Å². The van der Waals surface area contributed by atoms with Crippen molar-refractivity contribution in [3.63, 3.8) is 0 Å². The maximum absolute atomic E-state index is 12.3. The molecule has 0 saturated carbocycles. The summed E-state index contributed by atoms with van der Waals surface area (Å²) in [5.41, 5.74) is 5.66. The van der Waals surface area contributed by atoms with Gasteiger partial charge in [-0.2, -0.15) is 13.2 Å². The van der Waals surface area contributed by atoms with Crippen molar-refractivity contribution in [3.05, 3.63) is 16.1 Å². The highest BCUT2D eigenvalue weighted by Gasteiger charge is 2.35. The fourth-order valence-electron chi connectivity index (χ4n) is 1.35. The van der Waals surface area contributed by atoms with Crippen LogP contribution in [-0.2, 0) is 6.18 Å². The largest absolute Gasteiger partial charge is 0.443 e. The number of nitrogens with two attached hydrogens (primary N) is 1. The summed E-state index contributed by atoms with van der Waals surface area (Å²) in [7, 11) is 0.